The second-order valence-corrected chi connectivity index (χ2v) is 5.17. The molecule has 2 unspecified atom stereocenters. The molecule has 2 atom stereocenters. The highest BCUT2D eigenvalue weighted by molar-refractivity contribution is 9.10. The summed E-state index contributed by atoms with van der Waals surface area (Å²) in [5.41, 5.74) is 6.89. The van der Waals surface area contributed by atoms with Crippen molar-refractivity contribution in [3.05, 3.63) is 28.2 Å². The molecule has 0 spiro atoms. The van der Waals surface area contributed by atoms with Gasteiger partial charge in [-0.3, -0.25) is 4.79 Å². The maximum atomic E-state index is 11.4. The predicted molar refractivity (Wildman–Crippen MR) is 75.7 cm³/mol. The third-order valence-corrected chi connectivity index (χ3v) is 3.09. The molecule has 0 aliphatic heterocycles. The first-order valence-electron chi connectivity index (χ1n) is 5.86. The minimum Gasteiger partial charge on any atom is -0.480 e. The predicted octanol–water partition coefficient (Wildman–Crippen LogP) is 1.85. The Morgan fingerprint density at radius 1 is 1.50 bits per heavy atom. The Morgan fingerprint density at radius 2 is 2.17 bits per heavy atom. The van der Waals surface area contributed by atoms with Gasteiger partial charge in [0.15, 0.2) is 6.10 Å². The van der Waals surface area contributed by atoms with Gasteiger partial charge in [-0.1, -0.05) is 6.07 Å². The van der Waals surface area contributed by atoms with Gasteiger partial charge < -0.3 is 15.8 Å². The topological polar surface area (TPSA) is 64.3 Å². The molecule has 0 radical (unpaired) electrons. The number of rotatable bonds is 5. The number of nitrogens with one attached hydrogen (secondary N) is 1. The smallest absolute Gasteiger partial charge is 0.260 e. The van der Waals surface area contributed by atoms with Crippen molar-refractivity contribution in [2.45, 2.75) is 32.4 Å². The van der Waals surface area contributed by atoms with Crippen LogP contribution in [0.1, 0.15) is 19.4 Å². The van der Waals surface area contributed by atoms with Gasteiger partial charge in [-0.05, 0) is 53.9 Å². The van der Waals surface area contributed by atoms with E-state index in [1.165, 1.54) is 0 Å². The highest BCUT2D eigenvalue weighted by Gasteiger charge is 2.14. The minimum atomic E-state index is -0.523. The second-order valence-electron chi connectivity index (χ2n) is 4.32. The van der Waals surface area contributed by atoms with E-state index < -0.39 is 6.10 Å². The van der Waals surface area contributed by atoms with Crippen molar-refractivity contribution in [2.75, 3.05) is 7.05 Å². The Labute approximate surface area is 116 Å². The summed E-state index contributed by atoms with van der Waals surface area (Å²) >= 11 is 3.44. The lowest BCUT2D eigenvalue weighted by atomic mass is 10.1. The van der Waals surface area contributed by atoms with Crippen LogP contribution in [-0.4, -0.2) is 25.1 Å². The molecule has 0 aliphatic rings. The van der Waals surface area contributed by atoms with Gasteiger partial charge in [0.2, 0.25) is 0 Å². The van der Waals surface area contributed by atoms with Crippen LogP contribution in [0, 0.1) is 0 Å². The van der Waals surface area contributed by atoms with Gasteiger partial charge >= 0.3 is 0 Å². The van der Waals surface area contributed by atoms with Gasteiger partial charge in [0.1, 0.15) is 5.75 Å². The molecule has 1 aromatic carbocycles. The summed E-state index contributed by atoms with van der Waals surface area (Å²) in [4.78, 5) is 11.4. The Morgan fingerprint density at radius 3 is 2.67 bits per heavy atom. The van der Waals surface area contributed by atoms with Crippen molar-refractivity contribution < 1.29 is 9.53 Å². The number of halogens is 1. The Balaban J connectivity index is 2.76. The van der Waals surface area contributed by atoms with Crippen molar-refractivity contribution in [1.29, 1.82) is 0 Å². The zero-order valence-electron chi connectivity index (χ0n) is 10.9. The maximum absolute atomic E-state index is 11.4. The van der Waals surface area contributed by atoms with Crippen LogP contribution >= 0.6 is 15.9 Å². The molecule has 0 aliphatic carbocycles. The normalized spacial score (nSPS) is 13.8. The molecular weight excluding hydrogens is 296 g/mol. The molecule has 0 heterocycles. The zero-order chi connectivity index (χ0) is 13.7. The van der Waals surface area contributed by atoms with E-state index in [2.05, 4.69) is 21.2 Å². The molecule has 0 aromatic heterocycles. The van der Waals surface area contributed by atoms with Crippen LogP contribution in [0.4, 0.5) is 0 Å². The molecular formula is C13H19BrN2O2. The number of ether oxygens (including phenoxy) is 1. The lowest BCUT2D eigenvalue weighted by molar-refractivity contribution is -0.126. The summed E-state index contributed by atoms with van der Waals surface area (Å²) in [7, 11) is 1.59. The SMILES string of the molecule is CNC(=O)C(C)Oc1ccc(CC(C)N)cc1Br. The van der Waals surface area contributed by atoms with Crippen LogP contribution in [0.5, 0.6) is 5.75 Å². The van der Waals surface area contributed by atoms with Crippen LogP contribution in [0.15, 0.2) is 22.7 Å². The fourth-order valence-corrected chi connectivity index (χ4v) is 2.11. The van der Waals surface area contributed by atoms with Crippen molar-refractivity contribution in [3.8, 4) is 5.75 Å². The highest BCUT2D eigenvalue weighted by Crippen LogP contribution is 2.27. The van der Waals surface area contributed by atoms with Gasteiger partial charge in [0, 0.05) is 13.1 Å². The van der Waals surface area contributed by atoms with Crippen LogP contribution in [0.3, 0.4) is 0 Å². The molecule has 0 bridgehead atoms. The third kappa shape index (κ3) is 4.31. The van der Waals surface area contributed by atoms with E-state index >= 15 is 0 Å². The average Bonchev–Trinajstić information content (AvgIpc) is 2.30. The van der Waals surface area contributed by atoms with Crippen LogP contribution in [-0.2, 0) is 11.2 Å². The Kier molecular flexibility index (Phi) is 5.62. The van der Waals surface area contributed by atoms with Gasteiger partial charge in [-0.25, -0.2) is 0 Å². The number of hydrogen-bond acceptors (Lipinski definition) is 3. The zero-order valence-corrected chi connectivity index (χ0v) is 12.5. The Hall–Kier alpha value is -1.07. The molecule has 1 amide bonds. The third-order valence-electron chi connectivity index (χ3n) is 2.47. The first-order valence-corrected chi connectivity index (χ1v) is 6.65. The molecule has 5 heteroatoms. The lowest BCUT2D eigenvalue weighted by Gasteiger charge is -2.15. The molecule has 1 rings (SSSR count). The van der Waals surface area contributed by atoms with Gasteiger partial charge in [0.25, 0.3) is 5.91 Å². The van der Waals surface area contributed by atoms with Crippen molar-refractivity contribution in [3.63, 3.8) is 0 Å². The second kappa shape index (κ2) is 6.75. The van der Waals surface area contributed by atoms with E-state index in [9.17, 15) is 4.79 Å². The van der Waals surface area contributed by atoms with Gasteiger partial charge in [0.05, 0.1) is 4.47 Å². The molecule has 0 saturated heterocycles. The number of amides is 1. The summed E-state index contributed by atoms with van der Waals surface area (Å²) in [5.74, 6) is 0.501. The van der Waals surface area contributed by atoms with E-state index in [-0.39, 0.29) is 11.9 Å². The summed E-state index contributed by atoms with van der Waals surface area (Å²) in [6.45, 7) is 3.67. The fraction of sp³-hybridized carbons (Fsp3) is 0.462. The minimum absolute atomic E-state index is 0.119. The summed E-state index contributed by atoms with van der Waals surface area (Å²) in [5, 5.41) is 2.55. The number of carbonyl (C=O) groups is 1. The van der Waals surface area contributed by atoms with E-state index in [1.807, 2.05) is 25.1 Å². The summed E-state index contributed by atoms with van der Waals surface area (Å²) < 4.78 is 6.40. The highest BCUT2D eigenvalue weighted by atomic mass is 79.9. The maximum Gasteiger partial charge on any atom is 0.260 e. The molecule has 4 nitrogen and oxygen atoms in total. The van der Waals surface area contributed by atoms with Gasteiger partial charge in [-0.2, -0.15) is 0 Å². The first kappa shape index (κ1) is 15.0. The quantitative estimate of drug-likeness (QED) is 0.871. The van der Waals surface area contributed by atoms with E-state index in [4.69, 9.17) is 10.5 Å². The lowest BCUT2D eigenvalue weighted by Crippen LogP contribution is -2.33. The molecule has 100 valence electrons. The summed E-state index contributed by atoms with van der Waals surface area (Å²) in [6.07, 6.45) is 0.287. The van der Waals surface area contributed by atoms with Crippen molar-refractivity contribution >= 4 is 21.8 Å². The largest absolute Gasteiger partial charge is 0.480 e. The standard InChI is InChI=1S/C13H19BrN2O2/c1-8(15)6-10-4-5-12(11(14)7-10)18-9(2)13(17)16-3/h4-5,7-9H,6,15H2,1-3H3,(H,16,17). The van der Waals surface area contributed by atoms with Crippen LogP contribution in [0.25, 0.3) is 0 Å². The van der Waals surface area contributed by atoms with Crippen LogP contribution in [0.2, 0.25) is 0 Å². The monoisotopic (exact) mass is 314 g/mol. The number of carbonyl (C=O) groups excluding carboxylic acids is 1. The van der Waals surface area contributed by atoms with E-state index in [0.29, 0.717) is 5.75 Å². The van der Waals surface area contributed by atoms with Gasteiger partial charge in [-0.15, -0.1) is 0 Å². The fourth-order valence-electron chi connectivity index (χ4n) is 1.59. The van der Waals surface area contributed by atoms with Crippen molar-refractivity contribution in [2.24, 2.45) is 5.73 Å². The van der Waals surface area contributed by atoms with E-state index in [0.717, 1.165) is 16.5 Å². The number of hydrogen-bond donors (Lipinski definition) is 2. The first-order chi connectivity index (χ1) is 8.43. The molecule has 0 saturated carbocycles. The van der Waals surface area contributed by atoms with E-state index in [1.54, 1.807) is 14.0 Å². The molecule has 0 fully saturated rings. The molecule has 1 aromatic rings. The number of likely N-dealkylation sites (N-methyl/N-ethyl adjacent to an activating group) is 1. The van der Waals surface area contributed by atoms with Crippen LogP contribution < -0.4 is 15.8 Å². The summed E-state index contributed by atoms with van der Waals surface area (Å²) in [6, 6.07) is 5.89. The Bertz CT molecular complexity index is 421. The number of benzene rings is 1. The number of nitrogens with two attached hydrogens (primary N) is 1. The molecule has 3 N–H and O–H groups in total. The average molecular weight is 315 g/mol. The molecule has 18 heavy (non-hydrogen) atoms. The van der Waals surface area contributed by atoms with Crippen molar-refractivity contribution in [1.82, 2.24) is 5.32 Å².